The third-order valence-corrected chi connectivity index (χ3v) is 4.45. The van der Waals surface area contributed by atoms with E-state index in [2.05, 4.69) is 10.3 Å². The fraction of sp³-hybridized carbons (Fsp3) is 0.238. The second-order valence-electron chi connectivity index (χ2n) is 6.75. The summed E-state index contributed by atoms with van der Waals surface area (Å²) >= 11 is 0. The van der Waals surface area contributed by atoms with Crippen LogP contribution in [0.4, 0.5) is 5.69 Å². The number of esters is 1. The normalized spacial score (nSPS) is 13.0. The van der Waals surface area contributed by atoms with E-state index in [1.165, 1.54) is 12.1 Å². The van der Waals surface area contributed by atoms with Crippen molar-refractivity contribution in [2.24, 2.45) is 16.5 Å². The fourth-order valence-electron chi connectivity index (χ4n) is 3.10. The number of hydrogen-bond acceptors (Lipinski definition) is 6. The largest absolute Gasteiger partial charge is 0.489 e. The highest BCUT2D eigenvalue weighted by molar-refractivity contribution is 5.99. The van der Waals surface area contributed by atoms with Gasteiger partial charge in [-0.1, -0.05) is 6.07 Å². The number of aliphatic imine (C=N–C) groups is 1. The Kier molecular flexibility index (Phi) is 6.71. The van der Waals surface area contributed by atoms with Crippen LogP contribution < -0.4 is 26.3 Å². The summed E-state index contributed by atoms with van der Waals surface area (Å²) in [7, 11) is 0. The van der Waals surface area contributed by atoms with Gasteiger partial charge in [0.05, 0.1) is 29.8 Å². The average Bonchev–Trinajstić information content (AvgIpc) is 2.71. The number of aryl methyl sites for hydroxylation is 1. The third kappa shape index (κ3) is 5.50. The smallest absolute Gasteiger partial charge is 0.343 e. The molecule has 0 aliphatic carbocycles. The summed E-state index contributed by atoms with van der Waals surface area (Å²) in [6.07, 6.45) is 0.843. The molecule has 31 heavy (non-hydrogen) atoms. The van der Waals surface area contributed by atoms with E-state index >= 15 is 0 Å². The van der Waals surface area contributed by atoms with Crippen LogP contribution in [0.25, 0.3) is 0 Å². The summed E-state index contributed by atoms with van der Waals surface area (Å²) < 4.78 is 11.3. The molecule has 10 nitrogen and oxygen atoms in total. The van der Waals surface area contributed by atoms with E-state index in [4.69, 9.17) is 26.0 Å². The lowest BCUT2D eigenvalue weighted by Gasteiger charge is -2.18. The zero-order chi connectivity index (χ0) is 22.4. The van der Waals surface area contributed by atoms with E-state index in [1.807, 2.05) is 0 Å². The Morgan fingerprint density at radius 3 is 2.74 bits per heavy atom. The summed E-state index contributed by atoms with van der Waals surface area (Å²) in [4.78, 5) is 40.0. The summed E-state index contributed by atoms with van der Waals surface area (Å²) in [5, 5.41) is 11.3. The maximum absolute atomic E-state index is 12.8. The van der Waals surface area contributed by atoms with Gasteiger partial charge < -0.3 is 31.4 Å². The molecule has 2 aromatic rings. The number of carbonyl (C=O) groups excluding carboxylic acids is 2. The highest BCUT2D eigenvalue weighted by Gasteiger charge is 2.23. The number of carboxylic acid groups (broad SMARTS) is 1. The quantitative estimate of drug-likeness (QED) is 0.240. The van der Waals surface area contributed by atoms with Gasteiger partial charge in [0.1, 0.15) is 0 Å². The molecule has 6 N–H and O–H groups in total. The molecule has 0 spiro atoms. The molecular weight excluding hydrogens is 404 g/mol. The van der Waals surface area contributed by atoms with Crippen molar-refractivity contribution in [3.8, 4) is 11.5 Å². The number of hydrogen-bond donors (Lipinski definition) is 4. The number of ether oxygens (including phenoxy) is 2. The third-order valence-electron chi connectivity index (χ3n) is 4.45. The van der Waals surface area contributed by atoms with E-state index in [-0.39, 0.29) is 42.6 Å². The maximum Gasteiger partial charge on any atom is 0.343 e. The molecule has 0 saturated heterocycles. The van der Waals surface area contributed by atoms with E-state index < -0.39 is 17.8 Å². The van der Waals surface area contributed by atoms with Crippen LogP contribution in [0.3, 0.4) is 0 Å². The highest BCUT2D eigenvalue weighted by atomic mass is 16.6. The van der Waals surface area contributed by atoms with Crippen molar-refractivity contribution in [1.29, 1.82) is 0 Å². The van der Waals surface area contributed by atoms with Crippen LogP contribution in [-0.2, 0) is 11.2 Å². The molecule has 0 bridgehead atoms. The summed E-state index contributed by atoms with van der Waals surface area (Å²) in [6, 6.07) is 9.50. The Hall–Kier alpha value is -4.08. The second kappa shape index (κ2) is 9.61. The van der Waals surface area contributed by atoms with Crippen molar-refractivity contribution in [2.45, 2.75) is 19.3 Å². The number of guanidine groups is 1. The molecular formula is C21H22N4O6. The van der Waals surface area contributed by atoms with Crippen LogP contribution in [0.2, 0.25) is 0 Å². The number of benzene rings is 2. The summed E-state index contributed by atoms with van der Waals surface area (Å²) in [5.41, 5.74) is 12.6. The maximum atomic E-state index is 12.8. The van der Waals surface area contributed by atoms with E-state index in [0.29, 0.717) is 29.7 Å². The molecule has 1 aliphatic heterocycles. The van der Waals surface area contributed by atoms with Gasteiger partial charge in [0.2, 0.25) is 0 Å². The van der Waals surface area contributed by atoms with E-state index in [9.17, 15) is 14.4 Å². The Labute approximate surface area is 177 Å². The van der Waals surface area contributed by atoms with Gasteiger partial charge in [-0.15, -0.1) is 0 Å². The number of carboxylic acids is 1. The van der Waals surface area contributed by atoms with Gasteiger partial charge in [-0.05, 0) is 48.7 Å². The van der Waals surface area contributed by atoms with Gasteiger partial charge in [0.15, 0.2) is 17.5 Å². The van der Waals surface area contributed by atoms with E-state index in [1.54, 1.807) is 24.3 Å². The molecule has 1 amide bonds. The number of carbonyl (C=O) groups is 3. The predicted molar refractivity (Wildman–Crippen MR) is 112 cm³/mol. The number of fused-ring (bicyclic) bond motifs is 2. The van der Waals surface area contributed by atoms with Gasteiger partial charge in [-0.3, -0.25) is 9.59 Å². The lowest BCUT2D eigenvalue weighted by Crippen LogP contribution is -2.27. The first-order valence-corrected chi connectivity index (χ1v) is 9.55. The summed E-state index contributed by atoms with van der Waals surface area (Å²) in [6.45, 7) is 0.221. The Bertz CT molecular complexity index is 1050. The predicted octanol–water partition coefficient (Wildman–Crippen LogP) is 1.34. The van der Waals surface area contributed by atoms with Gasteiger partial charge >= 0.3 is 11.9 Å². The average molecular weight is 426 g/mol. The zero-order valence-corrected chi connectivity index (χ0v) is 16.6. The first-order chi connectivity index (χ1) is 14.8. The molecule has 10 heteroatoms. The van der Waals surface area contributed by atoms with Crippen LogP contribution in [0.15, 0.2) is 41.4 Å². The standard InChI is InChI=1S/C21H22N4O6/c22-21(23)25-13-6-7-14-12(11-13)3-2-10-30-18-15(19(28)24-9-8-17(26)27)4-1-5-16(18)31-20(14)29/h1,4-7,11H,2-3,8-10H2,(H,24,28)(H,26,27)(H4,22,23,25). The van der Waals surface area contributed by atoms with Gasteiger partial charge in [-0.25, -0.2) is 9.79 Å². The number of aliphatic carboxylic acids is 1. The van der Waals surface area contributed by atoms with Crippen molar-refractivity contribution in [3.05, 3.63) is 53.1 Å². The Morgan fingerprint density at radius 1 is 1.19 bits per heavy atom. The lowest BCUT2D eigenvalue weighted by molar-refractivity contribution is -0.136. The number of nitrogens with two attached hydrogens (primary N) is 2. The highest BCUT2D eigenvalue weighted by Crippen LogP contribution is 2.33. The minimum Gasteiger partial charge on any atom is -0.489 e. The van der Waals surface area contributed by atoms with E-state index in [0.717, 1.165) is 0 Å². The fourth-order valence-corrected chi connectivity index (χ4v) is 3.10. The second-order valence-corrected chi connectivity index (χ2v) is 6.75. The number of nitrogens with one attached hydrogen (secondary N) is 1. The van der Waals surface area contributed by atoms with Crippen LogP contribution in [0, 0.1) is 0 Å². The molecule has 0 atom stereocenters. The van der Waals surface area contributed by atoms with Gasteiger partial charge in [-0.2, -0.15) is 0 Å². The molecule has 1 aliphatic rings. The van der Waals surface area contributed by atoms with Crippen LogP contribution in [-0.4, -0.2) is 42.1 Å². The number of para-hydroxylation sites is 1. The van der Waals surface area contributed by atoms with Crippen LogP contribution >= 0.6 is 0 Å². The minimum absolute atomic E-state index is 0.0386. The minimum atomic E-state index is -1.02. The molecule has 0 aromatic heterocycles. The molecule has 3 rings (SSSR count). The Morgan fingerprint density at radius 2 is 2.00 bits per heavy atom. The van der Waals surface area contributed by atoms with Crippen molar-refractivity contribution in [3.63, 3.8) is 0 Å². The van der Waals surface area contributed by atoms with Crippen LogP contribution in [0.1, 0.15) is 39.1 Å². The lowest BCUT2D eigenvalue weighted by atomic mass is 10.0. The molecule has 0 unspecified atom stereocenters. The topological polar surface area (TPSA) is 166 Å². The van der Waals surface area contributed by atoms with Crippen LogP contribution in [0.5, 0.6) is 11.5 Å². The van der Waals surface area contributed by atoms with Gasteiger partial charge in [0.25, 0.3) is 5.91 Å². The molecule has 0 radical (unpaired) electrons. The number of nitrogens with zero attached hydrogens (tertiary/aromatic N) is 1. The molecule has 0 fully saturated rings. The monoisotopic (exact) mass is 426 g/mol. The molecule has 1 heterocycles. The molecule has 0 saturated carbocycles. The zero-order valence-electron chi connectivity index (χ0n) is 16.6. The van der Waals surface area contributed by atoms with Crippen molar-refractivity contribution < 1.29 is 29.0 Å². The van der Waals surface area contributed by atoms with Crippen molar-refractivity contribution >= 4 is 29.5 Å². The Balaban J connectivity index is 1.89. The SMILES string of the molecule is NC(N)=Nc1ccc2c(c1)CCCOc1c(cccc1C(=O)NCCC(=O)O)OC2=O. The van der Waals surface area contributed by atoms with Crippen molar-refractivity contribution in [2.75, 3.05) is 13.2 Å². The molecule has 2 aromatic carbocycles. The number of amides is 1. The first-order valence-electron chi connectivity index (χ1n) is 9.55. The first kappa shape index (κ1) is 21.6. The summed E-state index contributed by atoms with van der Waals surface area (Å²) in [5.74, 6) is -2.02. The molecule has 162 valence electrons. The number of rotatable bonds is 5. The van der Waals surface area contributed by atoms with Crippen molar-refractivity contribution in [1.82, 2.24) is 5.32 Å². The van der Waals surface area contributed by atoms with Gasteiger partial charge in [0, 0.05) is 6.54 Å².